The van der Waals surface area contributed by atoms with Crippen LogP contribution in [0, 0.1) is 19.8 Å². The van der Waals surface area contributed by atoms with Crippen molar-refractivity contribution in [1.82, 2.24) is 15.0 Å². The van der Waals surface area contributed by atoms with Crippen molar-refractivity contribution in [2.45, 2.75) is 33.2 Å². The van der Waals surface area contributed by atoms with Crippen LogP contribution in [0.2, 0.25) is 0 Å². The van der Waals surface area contributed by atoms with Gasteiger partial charge < -0.3 is 14.3 Å². The summed E-state index contributed by atoms with van der Waals surface area (Å²) in [5.41, 5.74) is 2.79. The Morgan fingerprint density at radius 2 is 1.89 bits per heavy atom. The number of piperidine rings is 1. The molecule has 0 unspecified atom stereocenters. The molecule has 2 aromatic rings. The zero-order valence-electron chi connectivity index (χ0n) is 16.7. The maximum Gasteiger partial charge on any atom is 0.246 e. The molecular weight excluding hydrogens is 354 g/mol. The number of aryl methyl sites for hydroxylation is 2. The predicted molar refractivity (Wildman–Crippen MR) is 107 cm³/mol. The molecular formula is C22H27N3O3. The zero-order valence-corrected chi connectivity index (χ0v) is 16.7. The quantitative estimate of drug-likeness (QED) is 0.746. The molecule has 1 fully saturated rings. The van der Waals surface area contributed by atoms with Crippen LogP contribution in [0.25, 0.3) is 6.08 Å². The number of hydrogen-bond acceptors (Lipinski definition) is 4. The van der Waals surface area contributed by atoms with Crippen LogP contribution in [0.5, 0.6) is 0 Å². The highest BCUT2D eigenvalue weighted by Crippen LogP contribution is 2.22. The molecule has 0 bridgehead atoms. The van der Waals surface area contributed by atoms with Gasteiger partial charge in [-0.15, -0.1) is 0 Å². The number of rotatable bonds is 5. The van der Waals surface area contributed by atoms with Crippen LogP contribution < -0.4 is 0 Å². The lowest BCUT2D eigenvalue weighted by molar-refractivity contribution is -0.138. The first-order valence-corrected chi connectivity index (χ1v) is 9.64. The number of nitrogens with zero attached hydrogens (tertiary/aromatic N) is 3. The smallest absolute Gasteiger partial charge is 0.246 e. The Hall–Kier alpha value is -2.89. The molecule has 6 heteroatoms. The van der Waals surface area contributed by atoms with Crippen molar-refractivity contribution in [3.63, 3.8) is 0 Å². The lowest BCUT2D eigenvalue weighted by Gasteiger charge is -2.32. The third-order valence-electron chi connectivity index (χ3n) is 5.33. The molecule has 2 heterocycles. The van der Waals surface area contributed by atoms with Crippen molar-refractivity contribution in [2.75, 3.05) is 20.1 Å². The van der Waals surface area contributed by atoms with E-state index in [9.17, 15) is 9.59 Å². The van der Waals surface area contributed by atoms with Crippen LogP contribution in [-0.2, 0) is 16.1 Å². The maximum atomic E-state index is 12.8. The molecule has 1 aliphatic heterocycles. The first-order chi connectivity index (χ1) is 13.5. The van der Waals surface area contributed by atoms with Gasteiger partial charge in [0, 0.05) is 37.7 Å². The van der Waals surface area contributed by atoms with Gasteiger partial charge in [-0.05, 0) is 38.3 Å². The van der Waals surface area contributed by atoms with E-state index in [0.29, 0.717) is 32.5 Å². The minimum Gasteiger partial charge on any atom is -0.361 e. The molecule has 1 aliphatic rings. The number of aromatic nitrogens is 1. The molecule has 2 amide bonds. The molecule has 148 valence electrons. The Bertz CT molecular complexity index is 830. The van der Waals surface area contributed by atoms with Gasteiger partial charge in [-0.2, -0.15) is 0 Å². The zero-order chi connectivity index (χ0) is 20.1. The molecule has 1 aromatic heterocycles. The monoisotopic (exact) mass is 381 g/mol. The van der Waals surface area contributed by atoms with E-state index in [4.69, 9.17) is 4.52 Å². The van der Waals surface area contributed by atoms with Crippen LogP contribution in [0.15, 0.2) is 40.9 Å². The number of carbonyl (C=O) groups excluding carboxylic acids is 2. The highest BCUT2D eigenvalue weighted by molar-refractivity contribution is 5.92. The van der Waals surface area contributed by atoms with Crippen LogP contribution in [0.3, 0.4) is 0 Å². The van der Waals surface area contributed by atoms with Crippen LogP contribution in [0.1, 0.15) is 35.4 Å². The summed E-state index contributed by atoms with van der Waals surface area (Å²) in [4.78, 5) is 28.7. The molecule has 1 saturated heterocycles. The molecule has 0 saturated carbocycles. The fourth-order valence-corrected chi connectivity index (χ4v) is 3.54. The van der Waals surface area contributed by atoms with Crippen LogP contribution in [-0.4, -0.2) is 46.9 Å². The highest BCUT2D eigenvalue weighted by Gasteiger charge is 2.29. The van der Waals surface area contributed by atoms with Crippen molar-refractivity contribution in [1.29, 1.82) is 0 Å². The van der Waals surface area contributed by atoms with Crippen molar-refractivity contribution in [2.24, 2.45) is 5.92 Å². The van der Waals surface area contributed by atoms with Crippen LogP contribution in [0.4, 0.5) is 0 Å². The molecule has 0 N–H and O–H groups in total. The average molecular weight is 381 g/mol. The minimum absolute atomic E-state index is 0.00109. The SMILES string of the molecule is Cc1noc(C)c1CN(C)C(=O)C1CCN(C(=O)/C=C/c2ccccc2)CC1. The van der Waals surface area contributed by atoms with Crippen molar-refractivity contribution < 1.29 is 14.1 Å². The molecule has 0 aliphatic carbocycles. The van der Waals surface area contributed by atoms with Crippen LogP contribution >= 0.6 is 0 Å². The summed E-state index contributed by atoms with van der Waals surface area (Å²) in [5, 5.41) is 3.95. The summed E-state index contributed by atoms with van der Waals surface area (Å²) in [6.45, 7) is 5.46. The first kappa shape index (κ1) is 19.9. The number of likely N-dealkylation sites (tertiary alicyclic amines) is 1. The highest BCUT2D eigenvalue weighted by atomic mass is 16.5. The second-order valence-electron chi connectivity index (χ2n) is 7.34. The van der Waals surface area contributed by atoms with Gasteiger partial charge >= 0.3 is 0 Å². The fourth-order valence-electron chi connectivity index (χ4n) is 3.54. The molecule has 0 radical (unpaired) electrons. The Morgan fingerprint density at radius 3 is 2.50 bits per heavy atom. The van der Waals surface area contributed by atoms with Gasteiger partial charge in [-0.1, -0.05) is 35.5 Å². The molecule has 3 rings (SSSR count). The number of hydrogen-bond donors (Lipinski definition) is 0. The first-order valence-electron chi connectivity index (χ1n) is 9.64. The van der Waals surface area contributed by atoms with Crippen molar-refractivity contribution in [3.8, 4) is 0 Å². The van der Waals surface area contributed by atoms with Gasteiger partial charge in [-0.25, -0.2) is 0 Å². The van der Waals surface area contributed by atoms with Gasteiger partial charge in [0.1, 0.15) is 5.76 Å². The summed E-state index contributed by atoms with van der Waals surface area (Å²) in [7, 11) is 1.81. The second kappa shape index (κ2) is 8.87. The number of benzene rings is 1. The summed E-state index contributed by atoms with van der Waals surface area (Å²) in [6.07, 6.45) is 4.82. The summed E-state index contributed by atoms with van der Waals surface area (Å²) >= 11 is 0. The predicted octanol–water partition coefficient (Wildman–Crippen LogP) is 3.20. The van der Waals surface area contributed by atoms with Crippen molar-refractivity contribution in [3.05, 3.63) is 59.0 Å². The molecule has 28 heavy (non-hydrogen) atoms. The van der Waals surface area contributed by atoms with E-state index in [1.54, 1.807) is 11.0 Å². The molecule has 1 aromatic carbocycles. The third-order valence-corrected chi connectivity index (χ3v) is 5.33. The molecule has 6 nitrogen and oxygen atoms in total. The van der Waals surface area contributed by atoms with E-state index in [-0.39, 0.29) is 17.7 Å². The van der Waals surface area contributed by atoms with E-state index in [0.717, 1.165) is 22.6 Å². The topological polar surface area (TPSA) is 66.7 Å². The second-order valence-corrected chi connectivity index (χ2v) is 7.34. The largest absolute Gasteiger partial charge is 0.361 e. The van der Waals surface area contributed by atoms with E-state index in [1.807, 2.05) is 62.2 Å². The van der Waals surface area contributed by atoms with Gasteiger partial charge in [0.15, 0.2) is 0 Å². The normalized spacial score (nSPS) is 15.2. The lowest BCUT2D eigenvalue weighted by atomic mass is 9.95. The number of carbonyl (C=O) groups is 2. The summed E-state index contributed by atoms with van der Waals surface area (Å²) in [5.74, 6) is 0.821. The number of amides is 2. The Kier molecular flexibility index (Phi) is 6.29. The van der Waals surface area contributed by atoms with Gasteiger partial charge in [0.05, 0.1) is 12.2 Å². The molecule has 0 atom stereocenters. The minimum atomic E-state index is -0.0485. The summed E-state index contributed by atoms with van der Waals surface area (Å²) < 4.78 is 5.18. The van der Waals surface area contributed by atoms with E-state index in [2.05, 4.69) is 5.16 Å². The van der Waals surface area contributed by atoms with E-state index in [1.165, 1.54) is 0 Å². The Morgan fingerprint density at radius 1 is 1.21 bits per heavy atom. The van der Waals surface area contributed by atoms with E-state index < -0.39 is 0 Å². The Balaban J connectivity index is 1.51. The maximum absolute atomic E-state index is 12.8. The fraction of sp³-hybridized carbons (Fsp3) is 0.409. The van der Waals surface area contributed by atoms with Gasteiger partial charge in [-0.3, -0.25) is 9.59 Å². The van der Waals surface area contributed by atoms with Gasteiger partial charge in [0.25, 0.3) is 0 Å². The van der Waals surface area contributed by atoms with E-state index >= 15 is 0 Å². The van der Waals surface area contributed by atoms with Gasteiger partial charge in [0.2, 0.25) is 11.8 Å². The lowest BCUT2D eigenvalue weighted by Crippen LogP contribution is -2.42. The third kappa shape index (κ3) is 4.68. The standard InChI is InChI=1S/C22H27N3O3/c1-16-20(17(2)28-23-16)15-24(3)22(27)19-11-13-25(14-12-19)21(26)10-9-18-7-5-4-6-8-18/h4-10,19H,11-15H2,1-3H3/b10-9+. The average Bonchev–Trinajstić information content (AvgIpc) is 3.04. The van der Waals surface area contributed by atoms with Crippen molar-refractivity contribution >= 4 is 17.9 Å². The Labute approximate surface area is 165 Å². The molecule has 0 spiro atoms. The summed E-state index contributed by atoms with van der Waals surface area (Å²) in [6, 6.07) is 9.76.